The van der Waals surface area contributed by atoms with Gasteiger partial charge in [0.25, 0.3) is 5.56 Å². The van der Waals surface area contributed by atoms with E-state index >= 15 is 0 Å². The van der Waals surface area contributed by atoms with Crippen LogP contribution in [0.2, 0.25) is 5.02 Å². The van der Waals surface area contributed by atoms with E-state index in [4.69, 9.17) is 31.8 Å². The Bertz CT molecular complexity index is 1150. The molecule has 0 radical (unpaired) electrons. The van der Waals surface area contributed by atoms with Gasteiger partial charge in [-0.05, 0) is 25.8 Å². The molecule has 0 saturated carbocycles. The number of piperidine rings is 1. The molecule has 5 rings (SSSR count). The van der Waals surface area contributed by atoms with E-state index in [0.717, 1.165) is 25.9 Å². The zero-order chi connectivity index (χ0) is 22.6. The third-order valence-corrected chi connectivity index (χ3v) is 7.68. The largest absolute Gasteiger partial charge is 0.495 e. The smallest absolute Gasteiger partial charge is 0.264 e. The summed E-state index contributed by atoms with van der Waals surface area (Å²) in [5.41, 5.74) is 8.81. The molecule has 1 aromatic heterocycles. The lowest BCUT2D eigenvalue weighted by Gasteiger charge is -2.41. The highest BCUT2D eigenvalue weighted by Gasteiger charge is 2.48. The predicted octanol–water partition coefficient (Wildman–Crippen LogP) is 2.13. The van der Waals surface area contributed by atoms with Gasteiger partial charge in [-0.2, -0.15) is 0 Å². The zero-order valence-corrected chi connectivity index (χ0v) is 19.4. The van der Waals surface area contributed by atoms with Crippen LogP contribution in [0.25, 0.3) is 0 Å². The predicted molar refractivity (Wildman–Crippen MR) is 124 cm³/mol. The van der Waals surface area contributed by atoms with E-state index in [9.17, 15) is 4.79 Å². The summed E-state index contributed by atoms with van der Waals surface area (Å²) >= 11 is 6.52. The molecular formula is C23H28ClN5O3. The fourth-order valence-electron chi connectivity index (χ4n) is 5.20. The molecule has 3 aliphatic heterocycles. The van der Waals surface area contributed by atoms with Gasteiger partial charge in [0.05, 0.1) is 48.4 Å². The summed E-state index contributed by atoms with van der Waals surface area (Å²) in [4.78, 5) is 25.1. The summed E-state index contributed by atoms with van der Waals surface area (Å²) in [6.45, 7) is 4.69. The highest BCUT2D eigenvalue weighted by Crippen LogP contribution is 2.41. The summed E-state index contributed by atoms with van der Waals surface area (Å²) in [5, 5.41) is 0.443. The minimum Gasteiger partial charge on any atom is -0.495 e. The quantitative estimate of drug-likeness (QED) is 0.758. The van der Waals surface area contributed by atoms with Crippen LogP contribution in [0.3, 0.4) is 0 Å². The molecule has 170 valence electrons. The normalized spacial score (nSPS) is 24.0. The molecule has 0 aliphatic carbocycles. The summed E-state index contributed by atoms with van der Waals surface area (Å²) in [6.07, 6.45) is 1.93. The average molecular weight is 458 g/mol. The molecule has 3 aliphatic rings. The highest BCUT2D eigenvalue weighted by atomic mass is 35.5. The Morgan fingerprint density at radius 1 is 1.31 bits per heavy atom. The molecule has 1 spiro atoms. The second-order valence-electron chi connectivity index (χ2n) is 8.98. The van der Waals surface area contributed by atoms with Crippen molar-refractivity contribution in [2.45, 2.75) is 38.5 Å². The van der Waals surface area contributed by atoms with Gasteiger partial charge in [-0.3, -0.25) is 14.4 Å². The molecule has 0 unspecified atom stereocenters. The third kappa shape index (κ3) is 3.16. The van der Waals surface area contributed by atoms with E-state index in [1.807, 2.05) is 19.1 Å². The van der Waals surface area contributed by atoms with E-state index < -0.39 is 0 Å². The van der Waals surface area contributed by atoms with Gasteiger partial charge in [0.15, 0.2) is 0 Å². The maximum atomic E-state index is 13.4. The van der Waals surface area contributed by atoms with Crippen LogP contribution in [0.1, 0.15) is 36.6 Å². The Morgan fingerprint density at radius 3 is 2.72 bits per heavy atom. The molecule has 0 bridgehead atoms. The first-order valence-electron chi connectivity index (χ1n) is 11.0. The van der Waals surface area contributed by atoms with Crippen LogP contribution < -0.4 is 20.9 Å². The lowest BCUT2D eigenvalue weighted by atomic mass is 9.73. The molecule has 0 amide bonds. The van der Waals surface area contributed by atoms with Gasteiger partial charge in [0.1, 0.15) is 5.75 Å². The molecule has 1 aromatic carbocycles. The first-order chi connectivity index (χ1) is 15.4. The Labute approximate surface area is 192 Å². The van der Waals surface area contributed by atoms with Gasteiger partial charge in [-0.25, -0.2) is 4.98 Å². The van der Waals surface area contributed by atoms with Crippen molar-refractivity contribution in [3.05, 3.63) is 50.4 Å². The number of ether oxygens (including phenoxy) is 2. The fraction of sp³-hybridized carbons (Fsp3) is 0.522. The number of hydrogen-bond donors (Lipinski definition) is 1. The summed E-state index contributed by atoms with van der Waals surface area (Å²) in [5.74, 6) is 1.23. The van der Waals surface area contributed by atoms with Crippen molar-refractivity contribution in [1.29, 1.82) is 0 Å². The second-order valence-corrected chi connectivity index (χ2v) is 9.35. The fourth-order valence-corrected chi connectivity index (χ4v) is 5.49. The number of nitrogens with zero attached hydrogens (tertiary/aromatic N) is 4. The Hall–Kier alpha value is -2.42. The maximum Gasteiger partial charge on any atom is 0.264 e. The molecule has 2 aromatic rings. The van der Waals surface area contributed by atoms with E-state index in [-0.39, 0.29) is 23.1 Å². The van der Waals surface area contributed by atoms with Crippen molar-refractivity contribution in [2.24, 2.45) is 23.2 Å². The number of rotatable bonds is 3. The van der Waals surface area contributed by atoms with Gasteiger partial charge in [-0.15, -0.1) is 0 Å². The number of anilines is 1. The number of aromatic nitrogens is 2. The van der Waals surface area contributed by atoms with Crippen LogP contribution in [0, 0.1) is 5.41 Å². The number of halogens is 1. The monoisotopic (exact) mass is 457 g/mol. The number of fused-ring (bicyclic) bond motifs is 1. The molecule has 2 fully saturated rings. The van der Waals surface area contributed by atoms with Crippen molar-refractivity contribution < 1.29 is 9.47 Å². The molecule has 4 heterocycles. The van der Waals surface area contributed by atoms with E-state index in [1.54, 1.807) is 24.8 Å². The van der Waals surface area contributed by atoms with Crippen LogP contribution in [-0.4, -0.2) is 54.2 Å². The van der Waals surface area contributed by atoms with Gasteiger partial charge in [0, 0.05) is 37.2 Å². The zero-order valence-electron chi connectivity index (χ0n) is 18.6. The van der Waals surface area contributed by atoms with E-state index in [2.05, 4.69) is 9.89 Å². The van der Waals surface area contributed by atoms with Crippen molar-refractivity contribution >= 4 is 23.3 Å². The molecule has 8 nitrogen and oxygen atoms in total. The standard InChI is InChI=1S/C23H28ClN5O3/c1-13-20(25)23(12-32-13)7-9-29(10-8-23)22-27-15-11-26-19(17(15)21(30)28(22)2)14-5-4-6-16(31-3)18(14)24/h4-6,13,20H,7-12,25H2,1-3H3/t13-,20+/m0/s1. The summed E-state index contributed by atoms with van der Waals surface area (Å²) < 4.78 is 12.8. The van der Waals surface area contributed by atoms with Crippen LogP contribution in [-0.2, 0) is 18.3 Å². The molecule has 2 saturated heterocycles. The summed E-state index contributed by atoms with van der Waals surface area (Å²) in [7, 11) is 3.33. The SMILES string of the molecule is COc1cccc(C2=NCc3nc(N4CCC5(CC4)CO[C@@H](C)[C@H]5N)n(C)c(=O)c32)c1Cl. The Morgan fingerprint density at radius 2 is 2.06 bits per heavy atom. The summed E-state index contributed by atoms with van der Waals surface area (Å²) in [6, 6.07) is 5.52. The first-order valence-corrected chi connectivity index (χ1v) is 11.3. The first kappa shape index (κ1) is 21.4. The van der Waals surface area contributed by atoms with Gasteiger partial charge in [-0.1, -0.05) is 23.7 Å². The highest BCUT2D eigenvalue weighted by molar-refractivity contribution is 6.37. The minimum absolute atomic E-state index is 0.0188. The molecule has 32 heavy (non-hydrogen) atoms. The van der Waals surface area contributed by atoms with E-state index in [1.165, 1.54) is 0 Å². The molecule has 2 N–H and O–H groups in total. The average Bonchev–Trinajstić information content (AvgIpc) is 3.34. The number of nitrogens with two attached hydrogens (primary N) is 1. The minimum atomic E-state index is -0.116. The number of hydrogen-bond acceptors (Lipinski definition) is 7. The number of methoxy groups -OCH3 is 1. The van der Waals surface area contributed by atoms with Crippen LogP contribution in [0.15, 0.2) is 28.0 Å². The lowest BCUT2D eigenvalue weighted by molar-refractivity contribution is 0.0973. The van der Waals surface area contributed by atoms with Crippen molar-refractivity contribution in [3.63, 3.8) is 0 Å². The van der Waals surface area contributed by atoms with E-state index in [0.29, 0.717) is 52.4 Å². The Balaban J connectivity index is 1.45. The van der Waals surface area contributed by atoms with Gasteiger partial charge < -0.3 is 20.1 Å². The number of benzene rings is 1. The van der Waals surface area contributed by atoms with Crippen molar-refractivity contribution in [3.8, 4) is 5.75 Å². The van der Waals surface area contributed by atoms with Crippen LogP contribution in [0.4, 0.5) is 5.95 Å². The molecule has 9 heteroatoms. The third-order valence-electron chi connectivity index (χ3n) is 7.29. The van der Waals surface area contributed by atoms with Crippen molar-refractivity contribution in [2.75, 3.05) is 31.7 Å². The second kappa shape index (κ2) is 7.86. The van der Waals surface area contributed by atoms with Gasteiger partial charge >= 0.3 is 0 Å². The molecular weight excluding hydrogens is 430 g/mol. The topological polar surface area (TPSA) is 95.0 Å². The number of aliphatic imine (C=N–C) groups is 1. The van der Waals surface area contributed by atoms with Gasteiger partial charge in [0.2, 0.25) is 5.95 Å². The van der Waals surface area contributed by atoms with Crippen LogP contribution >= 0.6 is 11.6 Å². The van der Waals surface area contributed by atoms with Crippen LogP contribution in [0.5, 0.6) is 5.75 Å². The maximum absolute atomic E-state index is 13.4. The molecule has 2 atom stereocenters. The Kier molecular flexibility index (Phi) is 5.27. The van der Waals surface area contributed by atoms with Crippen molar-refractivity contribution in [1.82, 2.24) is 9.55 Å². The lowest BCUT2D eigenvalue weighted by Crippen LogP contribution is -2.51.